The van der Waals surface area contributed by atoms with E-state index in [1.165, 1.54) is 10.5 Å². The lowest BCUT2D eigenvalue weighted by molar-refractivity contribution is -0.858. The van der Waals surface area contributed by atoms with E-state index in [0.29, 0.717) is 13.1 Å². The Bertz CT molecular complexity index is 118. The molecule has 3 heteroatoms. The van der Waals surface area contributed by atoms with Crippen LogP contribution in [0.2, 0.25) is 0 Å². The van der Waals surface area contributed by atoms with Gasteiger partial charge in [0.15, 0.2) is 0 Å². The van der Waals surface area contributed by atoms with E-state index >= 15 is 0 Å². The Labute approximate surface area is 75.0 Å². The van der Waals surface area contributed by atoms with Crippen molar-refractivity contribution >= 4 is 6.47 Å². The summed E-state index contributed by atoms with van der Waals surface area (Å²) >= 11 is 0. The fraction of sp³-hybridized carbons (Fsp3) is 0.667. The first kappa shape index (κ1) is 13.7. The van der Waals surface area contributed by atoms with Crippen LogP contribution in [0.15, 0.2) is 12.2 Å². The number of nitrogens with one attached hydrogen (secondary N) is 1. The molecule has 1 N–H and O–H groups in total. The molecule has 0 saturated carbocycles. The number of ether oxygens (including phenoxy) is 1. The third kappa shape index (κ3) is 35.2. The molecule has 12 heavy (non-hydrogen) atoms. The van der Waals surface area contributed by atoms with Gasteiger partial charge in [-0.2, -0.15) is 0 Å². The molecule has 0 spiro atoms. The average Bonchev–Trinajstić information content (AvgIpc) is 1.86. The molecule has 0 aromatic rings. The summed E-state index contributed by atoms with van der Waals surface area (Å²) < 4.78 is 4.44. The number of quaternary nitrogens is 1. The van der Waals surface area contributed by atoms with Crippen molar-refractivity contribution in [3.05, 3.63) is 12.2 Å². The van der Waals surface area contributed by atoms with Crippen LogP contribution in [0.4, 0.5) is 0 Å². The summed E-state index contributed by atoms with van der Waals surface area (Å²) in [6, 6.07) is 0. The topological polar surface area (TPSA) is 30.7 Å². The molecule has 3 nitrogen and oxygen atoms in total. The zero-order valence-corrected chi connectivity index (χ0v) is 8.52. The van der Waals surface area contributed by atoms with Crippen molar-refractivity contribution in [2.75, 3.05) is 27.2 Å². The summed E-state index contributed by atoms with van der Waals surface area (Å²) in [5.41, 5.74) is 1.17. The van der Waals surface area contributed by atoms with Gasteiger partial charge in [-0.3, -0.25) is 4.79 Å². The molecule has 72 valence electrons. The molecule has 0 amide bonds. The summed E-state index contributed by atoms with van der Waals surface area (Å²) in [6.07, 6.45) is 0. The molecular formula is C9H20NO2+. The lowest BCUT2D eigenvalue weighted by Gasteiger charge is -2.03. The first-order chi connectivity index (χ1) is 5.50. The van der Waals surface area contributed by atoms with Crippen LogP contribution in [-0.4, -0.2) is 33.7 Å². The van der Waals surface area contributed by atoms with Gasteiger partial charge in [0.1, 0.15) is 13.2 Å². The van der Waals surface area contributed by atoms with Gasteiger partial charge >= 0.3 is 0 Å². The maximum Gasteiger partial charge on any atom is 0.293 e. The Morgan fingerprint density at radius 1 is 1.50 bits per heavy atom. The van der Waals surface area contributed by atoms with Crippen LogP contribution in [0.5, 0.6) is 0 Å². The molecule has 0 radical (unpaired) electrons. The first-order valence-corrected chi connectivity index (χ1v) is 3.97. The summed E-state index contributed by atoms with van der Waals surface area (Å²) in [5, 5.41) is 0. The van der Waals surface area contributed by atoms with Crippen molar-refractivity contribution in [2.45, 2.75) is 13.8 Å². The number of carbonyl (C=O) groups is 1. The fourth-order valence-electron chi connectivity index (χ4n) is 0.311. The second-order valence-corrected chi connectivity index (χ2v) is 3.13. The second-order valence-electron chi connectivity index (χ2n) is 3.13. The van der Waals surface area contributed by atoms with Gasteiger partial charge in [0.2, 0.25) is 0 Å². The second kappa shape index (κ2) is 10.2. The predicted octanol–water partition coefficient (Wildman–Crippen LogP) is -0.114. The third-order valence-corrected chi connectivity index (χ3v) is 0.788. The van der Waals surface area contributed by atoms with Crippen molar-refractivity contribution in [1.82, 2.24) is 0 Å². The van der Waals surface area contributed by atoms with Crippen molar-refractivity contribution < 1.29 is 14.4 Å². The normalized spacial score (nSPS) is 8.42. The highest BCUT2D eigenvalue weighted by atomic mass is 16.5. The molecule has 0 bridgehead atoms. The maximum absolute atomic E-state index is 9.55. The van der Waals surface area contributed by atoms with Crippen LogP contribution in [0.3, 0.4) is 0 Å². The molecule has 0 atom stereocenters. The van der Waals surface area contributed by atoms with Crippen LogP contribution in [-0.2, 0) is 9.53 Å². The number of likely N-dealkylation sites (N-methyl/N-ethyl adjacent to an activating group) is 1. The molecule has 0 aliphatic carbocycles. The molecule has 0 aromatic carbocycles. The minimum atomic E-state index is 0.475. The number of rotatable bonds is 4. The quantitative estimate of drug-likeness (QED) is 0.366. The van der Waals surface area contributed by atoms with Gasteiger partial charge in [-0.25, -0.2) is 0 Å². The van der Waals surface area contributed by atoms with Gasteiger partial charge in [-0.05, 0) is 13.8 Å². The highest BCUT2D eigenvalue weighted by molar-refractivity contribution is 5.36. The largest absolute Gasteiger partial charge is 0.462 e. The van der Waals surface area contributed by atoms with Gasteiger partial charge in [0, 0.05) is 0 Å². The fourth-order valence-corrected chi connectivity index (χ4v) is 0.311. The number of allylic oxidation sites excluding steroid dienone is 1. The average molecular weight is 174 g/mol. The number of hydrogen-bond donors (Lipinski definition) is 1. The smallest absolute Gasteiger partial charge is 0.293 e. The number of carbonyl (C=O) groups excluding carboxylic acids is 1. The molecule has 0 heterocycles. The zero-order valence-electron chi connectivity index (χ0n) is 8.52. The minimum Gasteiger partial charge on any atom is -0.462 e. The Hall–Kier alpha value is -0.830. The molecule has 0 fully saturated rings. The van der Waals surface area contributed by atoms with E-state index in [9.17, 15) is 4.79 Å². The molecule has 0 aliphatic heterocycles. The Morgan fingerprint density at radius 3 is 2.17 bits per heavy atom. The summed E-state index contributed by atoms with van der Waals surface area (Å²) in [4.78, 5) is 10.8. The van der Waals surface area contributed by atoms with Gasteiger partial charge < -0.3 is 9.64 Å². The van der Waals surface area contributed by atoms with Crippen LogP contribution in [0.25, 0.3) is 0 Å². The van der Waals surface area contributed by atoms with Gasteiger partial charge in [-0.15, -0.1) is 6.58 Å². The van der Waals surface area contributed by atoms with E-state index < -0.39 is 0 Å². The molecule has 0 rings (SSSR count). The molecular weight excluding hydrogens is 154 g/mol. The first-order valence-electron chi connectivity index (χ1n) is 3.97. The Morgan fingerprint density at radius 2 is 1.92 bits per heavy atom. The van der Waals surface area contributed by atoms with Gasteiger partial charge in [-0.1, -0.05) is 5.57 Å². The van der Waals surface area contributed by atoms with E-state index in [-0.39, 0.29) is 0 Å². The third-order valence-electron chi connectivity index (χ3n) is 0.788. The van der Waals surface area contributed by atoms with Crippen molar-refractivity contribution in [2.24, 2.45) is 0 Å². The van der Waals surface area contributed by atoms with Gasteiger partial charge in [0.05, 0.1) is 14.1 Å². The Kier molecular flexibility index (Phi) is 11.6. The van der Waals surface area contributed by atoms with E-state index in [0.717, 1.165) is 6.54 Å². The predicted molar refractivity (Wildman–Crippen MR) is 50.2 cm³/mol. The molecule has 0 aliphatic rings. The molecule has 0 saturated heterocycles. The van der Waals surface area contributed by atoms with Crippen LogP contribution in [0.1, 0.15) is 13.8 Å². The summed E-state index contributed by atoms with van der Waals surface area (Å²) in [5.74, 6) is 0. The standard InChI is InChI=1S/C5H11NO2.C4H8/c1-6(2)3-4-8-5-7;1-4(2)3/h5H,3-4H2,1-2H3;1H2,2-3H3/p+1. The maximum atomic E-state index is 9.55. The van der Waals surface area contributed by atoms with E-state index in [2.05, 4.69) is 11.3 Å². The molecule has 0 aromatic heterocycles. The Balaban J connectivity index is 0. The monoisotopic (exact) mass is 174 g/mol. The highest BCUT2D eigenvalue weighted by Crippen LogP contribution is 1.73. The lowest BCUT2D eigenvalue weighted by atomic mass is 10.4. The molecule has 0 unspecified atom stereocenters. The highest BCUT2D eigenvalue weighted by Gasteiger charge is 1.89. The summed E-state index contributed by atoms with van der Waals surface area (Å²) in [7, 11) is 4.02. The van der Waals surface area contributed by atoms with Crippen molar-refractivity contribution in [3.8, 4) is 0 Å². The SMILES string of the molecule is C=C(C)C.C[NH+](C)CCOC=O. The lowest BCUT2D eigenvalue weighted by Crippen LogP contribution is -3.06. The van der Waals surface area contributed by atoms with E-state index in [4.69, 9.17) is 0 Å². The minimum absolute atomic E-state index is 0.475. The zero-order chi connectivity index (χ0) is 9.98. The number of hydrogen-bond acceptors (Lipinski definition) is 2. The van der Waals surface area contributed by atoms with E-state index in [1.54, 1.807) is 0 Å². The van der Waals surface area contributed by atoms with Crippen LogP contribution in [0, 0.1) is 0 Å². The van der Waals surface area contributed by atoms with Crippen LogP contribution >= 0.6 is 0 Å². The van der Waals surface area contributed by atoms with E-state index in [1.807, 2.05) is 27.9 Å². The van der Waals surface area contributed by atoms with Crippen molar-refractivity contribution in [1.29, 1.82) is 0 Å². The van der Waals surface area contributed by atoms with Crippen LogP contribution < -0.4 is 4.90 Å². The summed E-state index contributed by atoms with van der Waals surface area (Å²) in [6.45, 7) is 9.37. The van der Waals surface area contributed by atoms with Crippen molar-refractivity contribution in [3.63, 3.8) is 0 Å². The van der Waals surface area contributed by atoms with Gasteiger partial charge in [0.25, 0.3) is 6.47 Å².